The second-order valence-corrected chi connectivity index (χ2v) is 12.3. The topological polar surface area (TPSA) is 96.0 Å². The van der Waals surface area contributed by atoms with Gasteiger partial charge < -0.3 is 15.0 Å². The molecule has 1 unspecified atom stereocenters. The van der Waals surface area contributed by atoms with Crippen LogP contribution in [0.5, 0.6) is 5.75 Å². The zero-order valence-corrected chi connectivity index (χ0v) is 25.9. The zero-order valence-electron chi connectivity index (χ0n) is 23.6. The molecule has 43 heavy (non-hydrogen) atoms. The lowest BCUT2D eigenvalue weighted by molar-refractivity contribution is -0.139. The van der Waals surface area contributed by atoms with Gasteiger partial charge in [0.2, 0.25) is 11.8 Å². The Morgan fingerprint density at radius 2 is 1.51 bits per heavy atom. The molecule has 224 valence electrons. The van der Waals surface area contributed by atoms with Crippen LogP contribution < -0.4 is 14.4 Å². The fraction of sp³-hybridized carbons (Fsp3) is 0.188. The van der Waals surface area contributed by atoms with Gasteiger partial charge >= 0.3 is 0 Å². The molecule has 1 N–H and O–H groups in total. The molecule has 2 amide bonds. The number of hydrogen-bond donors (Lipinski definition) is 1. The van der Waals surface area contributed by atoms with Crippen molar-refractivity contribution in [1.82, 2.24) is 10.2 Å². The number of anilines is 1. The number of likely N-dealkylation sites (N-methyl/N-ethyl adjacent to an activating group) is 1. The largest absolute Gasteiger partial charge is 0.497 e. The summed E-state index contributed by atoms with van der Waals surface area (Å²) in [6, 6.07) is 27.3. The number of nitrogens with zero attached hydrogens (tertiary/aromatic N) is 2. The highest BCUT2D eigenvalue weighted by molar-refractivity contribution is 7.92. The van der Waals surface area contributed by atoms with E-state index in [9.17, 15) is 18.0 Å². The number of benzene rings is 4. The predicted molar refractivity (Wildman–Crippen MR) is 169 cm³/mol. The summed E-state index contributed by atoms with van der Waals surface area (Å²) in [7, 11) is -1.21. The van der Waals surface area contributed by atoms with Gasteiger partial charge in [0.1, 0.15) is 18.3 Å². The maximum Gasteiger partial charge on any atom is 0.264 e. The summed E-state index contributed by atoms with van der Waals surface area (Å²) in [5.41, 5.74) is 1.62. The molecule has 0 bridgehead atoms. The molecule has 0 saturated heterocycles. The average molecular weight is 641 g/mol. The second-order valence-electron chi connectivity index (χ2n) is 9.60. The summed E-state index contributed by atoms with van der Waals surface area (Å²) < 4.78 is 34.2. The molecule has 1 atom stereocenters. The fourth-order valence-electron chi connectivity index (χ4n) is 4.55. The van der Waals surface area contributed by atoms with E-state index >= 15 is 0 Å². The first-order valence-electron chi connectivity index (χ1n) is 13.3. The van der Waals surface area contributed by atoms with E-state index < -0.39 is 34.4 Å². The number of rotatable bonds is 12. The van der Waals surface area contributed by atoms with E-state index in [0.29, 0.717) is 21.4 Å². The van der Waals surface area contributed by atoms with Crippen LogP contribution in [0.25, 0.3) is 0 Å². The Labute approximate surface area is 261 Å². The minimum absolute atomic E-state index is 0.0121. The molecule has 0 aliphatic rings. The third-order valence-corrected chi connectivity index (χ3v) is 9.22. The first-order valence-corrected chi connectivity index (χ1v) is 15.5. The number of hydrogen-bond acceptors (Lipinski definition) is 5. The Morgan fingerprint density at radius 3 is 2.09 bits per heavy atom. The van der Waals surface area contributed by atoms with Gasteiger partial charge in [0.25, 0.3) is 10.0 Å². The Balaban J connectivity index is 1.80. The zero-order chi connectivity index (χ0) is 31.0. The molecule has 11 heteroatoms. The van der Waals surface area contributed by atoms with Crippen LogP contribution in [0.1, 0.15) is 11.1 Å². The van der Waals surface area contributed by atoms with Gasteiger partial charge in [-0.1, -0.05) is 77.8 Å². The molecule has 0 aliphatic heterocycles. The Kier molecular flexibility index (Phi) is 10.7. The first-order chi connectivity index (χ1) is 20.6. The summed E-state index contributed by atoms with van der Waals surface area (Å²) in [4.78, 5) is 29.0. The molecule has 4 rings (SSSR count). The highest BCUT2D eigenvalue weighted by Crippen LogP contribution is 2.28. The van der Waals surface area contributed by atoms with Crippen molar-refractivity contribution in [2.24, 2.45) is 0 Å². The lowest BCUT2D eigenvalue weighted by Crippen LogP contribution is -2.53. The minimum atomic E-state index is -4.20. The molecule has 0 spiro atoms. The highest BCUT2D eigenvalue weighted by Gasteiger charge is 2.34. The van der Waals surface area contributed by atoms with Gasteiger partial charge in [-0.25, -0.2) is 8.42 Å². The number of carbonyl (C=O) groups excluding carboxylic acids is 2. The molecule has 4 aromatic carbocycles. The molecular formula is C32H31Cl2N3O5S. The SMILES string of the molecule is CNC(=O)C(Cc1ccccc1)N(Cc1ccc(Cl)cc1Cl)C(=O)CN(c1ccc(OC)cc1)S(=O)(=O)c1ccccc1. The van der Waals surface area contributed by atoms with Crippen LogP contribution >= 0.6 is 23.2 Å². The molecule has 0 aromatic heterocycles. The normalized spacial score (nSPS) is 11.8. The maximum atomic E-state index is 14.3. The van der Waals surface area contributed by atoms with Crippen molar-refractivity contribution in [3.8, 4) is 5.75 Å². The summed E-state index contributed by atoms with van der Waals surface area (Å²) in [5, 5.41) is 3.38. The summed E-state index contributed by atoms with van der Waals surface area (Å²) in [5.74, 6) is -0.497. The smallest absolute Gasteiger partial charge is 0.264 e. The number of sulfonamides is 1. The first kappa shape index (κ1) is 31.9. The number of methoxy groups -OCH3 is 1. The standard InChI is InChI=1S/C32H31Cl2N3O5S/c1-35-32(39)30(19-23-9-5-3-6-10-23)36(21-24-13-14-25(33)20-29(24)34)31(38)22-37(26-15-17-27(42-2)18-16-26)43(40,41)28-11-7-4-8-12-28/h3-18,20,30H,19,21-22H2,1-2H3,(H,35,39). The third kappa shape index (κ3) is 7.87. The van der Waals surface area contributed by atoms with Crippen LogP contribution in [-0.2, 0) is 32.6 Å². The van der Waals surface area contributed by atoms with Crippen LogP contribution in [0.2, 0.25) is 10.0 Å². The number of nitrogens with one attached hydrogen (secondary N) is 1. The number of carbonyl (C=O) groups is 2. The highest BCUT2D eigenvalue weighted by atomic mass is 35.5. The maximum absolute atomic E-state index is 14.3. The molecule has 0 saturated carbocycles. The quantitative estimate of drug-likeness (QED) is 0.218. The number of halogens is 2. The number of ether oxygens (including phenoxy) is 1. The van der Waals surface area contributed by atoms with Crippen LogP contribution in [0.4, 0.5) is 5.69 Å². The van der Waals surface area contributed by atoms with Crippen LogP contribution in [0.15, 0.2) is 108 Å². The number of amides is 2. The fourth-order valence-corrected chi connectivity index (χ4v) is 6.45. The van der Waals surface area contributed by atoms with E-state index in [-0.39, 0.29) is 23.5 Å². The van der Waals surface area contributed by atoms with Crippen molar-refractivity contribution in [3.63, 3.8) is 0 Å². The molecule has 0 radical (unpaired) electrons. The molecular weight excluding hydrogens is 609 g/mol. The van der Waals surface area contributed by atoms with E-state index in [1.165, 1.54) is 31.2 Å². The Hall–Kier alpha value is -4.05. The van der Waals surface area contributed by atoms with Gasteiger partial charge in [0, 0.05) is 30.1 Å². The van der Waals surface area contributed by atoms with Crippen LogP contribution in [0, 0.1) is 0 Å². The molecule has 8 nitrogen and oxygen atoms in total. The summed E-state index contributed by atoms with van der Waals surface area (Å²) >= 11 is 12.6. The Morgan fingerprint density at radius 1 is 0.884 bits per heavy atom. The van der Waals surface area contributed by atoms with Gasteiger partial charge in [-0.2, -0.15) is 0 Å². The molecule has 0 aliphatic carbocycles. The lowest BCUT2D eigenvalue weighted by atomic mass is 10.0. The van der Waals surface area contributed by atoms with Crippen molar-refractivity contribution in [1.29, 1.82) is 0 Å². The van der Waals surface area contributed by atoms with E-state index in [1.807, 2.05) is 30.3 Å². The van der Waals surface area contributed by atoms with Crippen molar-refractivity contribution >= 4 is 50.7 Å². The van der Waals surface area contributed by atoms with Crippen molar-refractivity contribution < 1.29 is 22.7 Å². The van der Waals surface area contributed by atoms with Gasteiger partial charge in [-0.3, -0.25) is 13.9 Å². The van der Waals surface area contributed by atoms with E-state index in [1.54, 1.807) is 60.7 Å². The van der Waals surface area contributed by atoms with Crippen LogP contribution in [0.3, 0.4) is 0 Å². The van der Waals surface area contributed by atoms with Crippen molar-refractivity contribution in [2.75, 3.05) is 25.0 Å². The second kappa shape index (κ2) is 14.4. The summed E-state index contributed by atoms with van der Waals surface area (Å²) in [6.45, 7) is -0.654. The Bertz CT molecular complexity index is 1650. The average Bonchev–Trinajstić information content (AvgIpc) is 3.03. The van der Waals surface area contributed by atoms with E-state index in [0.717, 1.165) is 9.87 Å². The van der Waals surface area contributed by atoms with E-state index in [2.05, 4.69) is 5.32 Å². The summed E-state index contributed by atoms with van der Waals surface area (Å²) in [6.07, 6.45) is 0.186. The van der Waals surface area contributed by atoms with Gasteiger partial charge in [0.15, 0.2) is 0 Å². The molecule has 4 aromatic rings. The van der Waals surface area contributed by atoms with E-state index in [4.69, 9.17) is 27.9 Å². The molecule has 0 heterocycles. The molecule has 0 fully saturated rings. The third-order valence-electron chi connectivity index (χ3n) is 6.84. The minimum Gasteiger partial charge on any atom is -0.497 e. The van der Waals surface area contributed by atoms with Crippen molar-refractivity contribution in [3.05, 3.63) is 124 Å². The van der Waals surface area contributed by atoms with Crippen molar-refractivity contribution in [2.45, 2.75) is 23.9 Å². The van der Waals surface area contributed by atoms with Crippen LogP contribution in [-0.4, -0.2) is 51.9 Å². The van der Waals surface area contributed by atoms with Gasteiger partial charge in [0.05, 0.1) is 17.7 Å². The monoisotopic (exact) mass is 639 g/mol. The van der Waals surface area contributed by atoms with Gasteiger partial charge in [-0.15, -0.1) is 0 Å². The van der Waals surface area contributed by atoms with Gasteiger partial charge in [-0.05, 0) is 59.7 Å². The lowest BCUT2D eigenvalue weighted by Gasteiger charge is -2.33. The predicted octanol–water partition coefficient (Wildman–Crippen LogP) is 5.58.